The zero-order chi connectivity index (χ0) is 15.7. The van der Waals surface area contributed by atoms with Crippen LogP contribution in [0.1, 0.15) is 12.8 Å². The Balaban J connectivity index is 2.41. The van der Waals surface area contributed by atoms with E-state index in [0.717, 1.165) is 0 Å². The standard InChI is InChI=1S/C13H16N2O5S/c14-12(18)15-8-6-13(7-9-15,11(16)17)21(19,20)10-4-2-1-3-5-10/h1-5H,6-9H2,(H2,14,18)(H,16,17). The molecule has 0 bridgehead atoms. The summed E-state index contributed by atoms with van der Waals surface area (Å²) in [6.07, 6.45) is -0.356. The van der Waals surface area contributed by atoms with Crippen LogP contribution in [-0.2, 0) is 14.6 Å². The lowest BCUT2D eigenvalue weighted by molar-refractivity contribution is -0.141. The Bertz CT molecular complexity index is 648. The number of nitrogens with zero attached hydrogens (tertiary/aromatic N) is 1. The van der Waals surface area contributed by atoms with Crippen molar-refractivity contribution >= 4 is 21.8 Å². The third-order valence-electron chi connectivity index (χ3n) is 3.84. The van der Waals surface area contributed by atoms with Gasteiger partial charge >= 0.3 is 12.0 Å². The SMILES string of the molecule is NC(=O)N1CCC(C(=O)O)(S(=O)(=O)c2ccccc2)CC1. The number of benzene rings is 1. The van der Waals surface area contributed by atoms with Gasteiger partial charge < -0.3 is 15.7 Å². The number of carbonyl (C=O) groups excluding carboxylic acids is 1. The molecule has 0 unspecified atom stereocenters. The predicted molar refractivity (Wildman–Crippen MR) is 74.4 cm³/mol. The van der Waals surface area contributed by atoms with Gasteiger partial charge in [-0.05, 0) is 25.0 Å². The molecule has 0 radical (unpaired) electrons. The molecule has 7 nitrogen and oxygen atoms in total. The van der Waals surface area contributed by atoms with E-state index in [4.69, 9.17) is 5.73 Å². The van der Waals surface area contributed by atoms with Gasteiger partial charge in [0.1, 0.15) is 0 Å². The number of aliphatic carboxylic acids is 1. The molecular weight excluding hydrogens is 296 g/mol. The summed E-state index contributed by atoms with van der Waals surface area (Å²) in [7, 11) is -4.05. The van der Waals surface area contributed by atoms with Crippen LogP contribution in [0.3, 0.4) is 0 Å². The smallest absolute Gasteiger partial charge is 0.325 e. The monoisotopic (exact) mass is 312 g/mol. The normalized spacial score (nSPS) is 18.2. The average Bonchev–Trinajstić information content (AvgIpc) is 2.47. The molecular formula is C13H16N2O5S. The van der Waals surface area contributed by atoms with Crippen molar-refractivity contribution < 1.29 is 23.1 Å². The number of carboxylic acid groups (broad SMARTS) is 1. The van der Waals surface area contributed by atoms with E-state index < -0.39 is 26.6 Å². The first-order valence-electron chi connectivity index (χ1n) is 6.39. The molecule has 2 rings (SSSR count). The average molecular weight is 312 g/mol. The lowest BCUT2D eigenvalue weighted by atomic mass is 9.96. The van der Waals surface area contributed by atoms with Gasteiger partial charge in [0.05, 0.1) is 4.90 Å². The molecule has 1 heterocycles. The largest absolute Gasteiger partial charge is 0.480 e. The summed E-state index contributed by atoms with van der Waals surface area (Å²) in [5, 5.41) is 9.50. The van der Waals surface area contributed by atoms with Gasteiger partial charge in [-0.2, -0.15) is 0 Å². The second-order valence-corrected chi connectivity index (χ2v) is 7.20. The minimum Gasteiger partial charge on any atom is -0.480 e. The Kier molecular flexibility index (Phi) is 3.91. The molecule has 2 amide bonds. The minimum atomic E-state index is -4.05. The van der Waals surface area contributed by atoms with Crippen LogP contribution in [0, 0.1) is 0 Å². The second-order valence-electron chi connectivity index (χ2n) is 4.94. The van der Waals surface area contributed by atoms with Crippen molar-refractivity contribution in [1.29, 1.82) is 0 Å². The van der Waals surface area contributed by atoms with Gasteiger partial charge in [0, 0.05) is 13.1 Å². The van der Waals surface area contributed by atoms with Crippen LogP contribution in [-0.4, -0.2) is 48.3 Å². The fourth-order valence-corrected chi connectivity index (χ4v) is 4.43. The highest BCUT2D eigenvalue weighted by atomic mass is 32.2. The maximum Gasteiger partial charge on any atom is 0.325 e. The third kappa shape index (κ3) is 2.46. The lowest BCUT2D eigenvalue weighted by Crippen LogP contribution is -2.56. The summed E-state index contributed by atoms with van der Waals surface area (Å²) in [5.74, 6) is -1.39. The molecule has 1 fully saturated rings. The van der Waals surface area contributed by atoms with Crippen LogP contribution in [0.4, 0.5) is 4.79 Å². The Morgan fingerprint density at radius 2 is 1.67 bits per heavy atom. The summed E-state index contributed by atoms with van der Waals surface area (Å²) < 4.78 is 23.5. The van der Waals surface area contributed by atoms with Crippen molar-refractivity contribution in [1.82, 2.24) is 4.90 Å². The number of primary amides is 1. The molecule has 0 spiro atoms. The number of hydrogen-bond acceptors (Lipinski definition) is 4. The number of carbonyl (C=O) groups is 2. The predicted octanol–water partition coefficient (Wildman–Crippen LogP) is 0.458. The Hall–Kier alpha value is -2.09. The molecule has 0 aromatic heterocycles. The number of carboxylic acids is 1. The van der Waals surface area contributed by atoms with E-state index >= 15 is 0 Å². The van der Waals surface area contributed by atoms with Gasteiger partial charge in [-0.1, -0.05) is 18.2 Å². The van der Waals surface area contributed by atoms with Crippen LogP contribution < -0.4 is 5.73 Å². The first kappa shape index (κ1) is 15.3. The molecule has 1 aliphatic heterocycles. The summed E-state index contributed by atoms with van der Waals surface area (Å²) in [6, 6.07) is 6.82. The molecule has 21 heavy (non-hydrogen) atoms. The van der Waals surface area contributed by atoms with Crippen molar-refractivity contribution in [2.45, 2.75) is 22.5 Å². The van der Waals surface area contributed by atoms with Crippen LogP contribution in [0.2, 0.25) is 0 Å². The van der Waals surface area contributed by atoms with E-state index in [2.05, 4.69) is 0 Å². The first-order valence-corrected chi connectivity index (χ1v) is 7.87. The van der Waals surface area contributed by atoms with Gasteiger partial charge in [0.25, 0.3) is 0 Å². The van der Waals surface area contributed by atoms with E-state index in [9.17, 15) is 23.1 Å². The molecule has 1 aromatic rings. The van der Waals surface area contributed by atoms with Crippen molar-refractivity contribution in [2.24, 2.45) is 5.73 Å². The third-order valence-corrected chi connectivity index (χ3v) is 6.34. The fraction of sp³-hybridized carbons (Fsp3) is 0.385. The summed E-state index contributed by atoms with van der Waals surface area (Å²) in [4.78, 5) is 24.0. The molecule has 3 N–H and O–H groups in total. The number of urea groups is 1. The topological polar surface area (TPSA) is 118 Å². The van der Waals surface area contributed by atoms with Crippen LogP contribution in [0.15, 0.2) is 35.2 Å². The van der Waals surface area contributed by atoms with E-state index in [1.165, 1.54) is 17.0 Å². The highest BCUT2D eigenvalue weighted by Crippen LogP contribution is 2.35. The summed E-state index contributed by atoms with van der Waals surface area (Å²) >= 11 is 0. The number of rotatable bonds is 3. The van der Waals surface area contributed by atoms with Crippen molar-refractivity contribution in [3.05, 3.63) is 30.3 Å². The number of sulfone groups is 1. The Morgan fingerprint density at radius 3 is 2.10 bits per heavy atom. The van der Waals surface area contributed by atoms with E-state index in [1.807, 2.05) is 0 Å². The highest BCUT2D eigenvalue weighted by Gasteiger charge is 2.53. The Labute approximate surface area is 122 Å². The number of amides is 2. The number of piperidine rings is 1. The maximum absolute atomic E-state index is 12.7. The van der Waals surface area contributed by atoms with Crippen LogP contribution in [0.25, 0.3) is 0 Å². The minimum absolute atomic E-state index is 0.00764. The maximum atomic E-state index is 12.7. The zero-order valence-electron chi connectivity index (χ0n) is 11.2. The molecule has 8 heteroatoms. The molecule has 1 aliphatic rings. The van der Waals surface area contributed by atoms with Crippen molar-refractivity contribution in [3.8, 4) is 0 Å². The van der Waals surface area contributed by atoms with E-state index in [0.29, 0.717) is 0 Å². The fourth-order valence-electron chi connectivity index (χ4n) is 2.51. The molecule has 114 valence electrons. The van der Waals surface area contributed by atoms with Gasteiger partial charge in [-0.3, -0.25) is 4.79 Å². The summed E-state index contributed by atoms with van der Waals surface area (Å²) in [6.45, 7) is 0.0153. The van der Waals surface area contributed by atoms with E-state index in [-0.39, 0.29) is 30.8 Å². The van der Waals surface area contributed by atoms with Crippen LogP contribution in [0.5, 0.6) is 0 Å². The molecule has 1 saturated heterocycles. The molecule has 1 aromatic carbocycles. The Morgan fingerprint density at radius 1 is 1.14 bits per heavy atom. The van der Waals surface area contributed by atoms with Crippen molar-refractivity contribution in [2.75, 3.05) is 13.1 Å². The van der Waals surface area contributed by atoms with Gasteiger partial charge in [-0.15, -0.1) is 0 Å². The van der Waals surface area contributed by atoms with Gasteiger partial charge in [0.15, 0.2) is 14.6 Å². The van der Waals surface area contributed by atoms with Crippen LogP contribution >= 0.6 is 0 Å². The van der Waals surface area contributed by atoms with Gasteiger partial charge in [-0.25, -0.2) is 13.2 Å². The van der Waals surface area contributed by atoms with Gasteiger partial charge in [0.2, 0.25) is 0 Å². The highest BCUT2D eigenvalue weighted by molar-refractivity contribution is 7.93. The number of hydrogen-bond donors (Lipinski definition) is 2. The number of nitrogens with two attached hydrogens (primary N) is 1. The van der Waals surface area contributed by atoms with E-state index in [1.54, 1.807) is 18.2 Å². The molecule has 0 atom stereocenters. The molecule has 0 saturated carbocycles. The summed E-state index contributed by atoms with van der Waals surface area (Å²) in [5.41, 5.74) is 5.14. The quantitative estimate of drug-likeness (QED) is 0.840. The molecule has 0 aliphatic carbocycles. The first-order chi connectivity index (χ1) is 9.81. The lowest BCUT2D eigenvalue weighted by Gasteiger charge is -2.37. The van der Waals surface area contributed by atoms with Crippen molar-refractivity contribution in [3.63, 3.8) is 0 Å². The zero-order valence-corrected chi connectivity index (χ0v) is 12.0. The second kappa shape index (κ2) is 5.36. The number of likely N-dealkylation sites (tertiary alicyclic amines) is 1.